The first-order chi connectivity index (χ1) is 10.0. The Kier molecular flexibility index (Phi) is 3.33. The molecule has 0 saturated heterocycles. The minimum absolute atomic E-state index is 0.0301. The van der Waals surface area contributed by atoms with Gasteiger partial charge in [-0.1, -0.05) is 12.1 Å². The van der Waals surface area contributed by atoms with E-state index < -0.39 is 11.3 Å². The van der Waals surface area contributed by atoms with E-state index in [-0.39, 0.29) is 11.4 Å². The zero-order valence-corrected chi connectivity index (χ0v) is 11.4. The Labute approximate surface area is 121 Å². The fourth-order valence-corrected chi connectivity index (χ4v) is 2.35. The first-order valence-electron chi connectivity index (χ1n) is 6.84. The molecule has 1 fully saturated rings. The lowest BCUT2D eigenvalue weighted by atomic mass is 10.0. The highest BCUT2D eigenvalue weighted by molar-refractivity contribution is 5.93. The van der Waals surface area contributed by atoms with Gasteiger partial charge < -0.3 is 10.3 Å². The summed E-state index contributed by atoms with van der Waals surface area (Å²) in [5.41, 5.74) is 5.79. The minimum Gasteiger partial charge on any atom is -0.365 e. The normalized spacial score (nSPS) is 14.1. The number of nitrogens with two attached hydrogens (primary N) is 1. The number of nitrogens with zero attached hydrogens (tertiary/aromatic N) is 1. The maximum absolute atomic E-state index is 13.0. The van der Waals surface area contributed by atoms with Gasteiger partial charge in [0.2, 0.25) is 5.43 Å². The summed E-state index contributed by atoms with van der Waals surface area (Å²) in [7, 11) is 0. The molecular weight excluding hydrogens is 271 g/mol. The van der Waals surface area contributed by atoms with E-state index in [0.29, 0.717) is 17.0 Å². The molecule has 0 spiro atoms. The topological polar surface area (TPSA) is 65.1 Å². The Balaban J connectivity index is 2.12. The van der Waals surface area contributed by atoms with Crippen molar-refractivity contribution < 1.29 is 9.18 Å². The molecule has 21 heavy (non-hydrogen) atoms. The zero-order chi connectivity index (χ0) is 15.0. The summed E-state index contributed by atoms with van der Waals surface area (Å²) in [5.74, 6) is -0.522. The third-order valence-electron chi connectivity index (χ3n) is 3.67. The van der Waals surface area contributed by atoms with Gasteiger partial charge in [-0.2, -0.15) is 0 Å². The number of carbonyl (C=O) groups is 1. The molecule has 0 atom stereocenters. The van der Waals surface area contributed by atoms with Crippen LogP contribution in [0.3, 0.4) is 0 Å². The van der Waals surface area contributed by atoms with Gasteiger partial charge in [-0.15, -0.1) is 0 Å². The van der Waals surface area contributed by atoms with E-state index in [0.717, 1.165) is 19.4 Å². The average molecular weight is 286 g/mol. The van der Waals surface area contributed by atoms with Crippen LogP contribution in [0.4, 0.5) is 4.39 Å². The number of aromatic nitrogens is 1. The molecule has 1 heterocycles. The number of pyridine rings is 1. The molecule has 1 aliphatic carbocycles. The lowest BCUT2D eigenvalue weighted by Crippen LogP contribution is -2.25. The third-order valence-corrected chi connectivity index (χ3v) is 3.67. The van der Waals surface area contributed by atoms with Gasteiger partial charge in [-0.3, -0.25) is 9.59 Å². The van der Waals surface area contributed by atoms with Gasteiger partial charge in [0.05, 0.1) is 0 Å². The number of amides is 1. The van der Waals surface area contributed by atoms with Crippen LogP contribution in [0.1, 0.15) is 23.2 Å². The molecule has 0 bridgehead atoms. The van der Waals surface area contributed by atoms with E-state index >= 15 is 0 Å². The average Bonchev–Trinajstić information content (AvgIpc) is 3.25. The highest BCUT2D eigenvalue weighted by Gasteiger charge is 2.22. The van der Waals surface area contributed by atoms with E-state index in [9.17, 15) is 14.0 Å². The Bertz CT molecular complexity index is 746. The van der Waals surface area contributed by atoms with E-state index in [1.807, 2.05) is 4.57 Å². The molecule has 4 nitrogen and oxygen atoms in total. The molecule has 2 N–H and O–H groups in total. The van der Waals surface area contributed by atoms with Gasteiger partial charge in [0, 0.05) is 24.5 Å². The summed E-state index contributed by atoms with van der Waals surface area (Å²) in [6.45, 7) is 0.759. The number of halogens is 1. The maximum atomic E-state index is 13.0. The minimum atomic E-state index is -0.742. The van der Waals surface area contributed by atoms with Crippen LogP contribution in [0.5, 0.6) is 0 Å². The van der Waals surface area contributed by atoms with Gasteiger partial charge >= 0.3 is 0 Å². The van der Waals surface area contributed by atoms with Crippen molar-refractivity contribution in [3.63, 3.8) is 0 Å². The summed E-state index contributed by atoms with van der Waals surface area (Å²) in [6.07, 6.45) is 5.53. The smallest absolute Gasteiger partial charge is 0.254 e. The lowest BCUT2D eigenvalue weighted by Gasteiger charge is -2.10. The molecule has 0 radical (unpaired) electrons. The van der Waals surface area contributed by atoms with Crippen molar-refractivity contribution in [1.29, 1.82) is 0 Å². The predicted octanol–water partition coefficient (Wildman–Crippen LogP) is 2.16. The molecule has 0 unspecified atom stereocenters. The lowest BCUT2D eigenvalue weighted by molar-refractivity contribution is 0.0998. The van der Waals surface area contributed by atoms with Crippen LogP contribution in [-0.2, 0) is 6.54 Å². The number of primary amides is 1. The van der Waals surface area contributed by atoms with Crippen LogP contribution in [-0.4, -0.2) is 10.5 Å². The van der Waals surface area contributed by atoms with E-state index in [1.165, 1.54) is 30.5 Å². The molecule has 1 aromatic carbocycles. The molecule has 0 aliphatic heterocycles. The molecule has 1 aliphatic rings. The molecule has 1 aromatic heterocycles. The second kappa shape index (κ2) is 5.16. The summed E-state index contributed by atoms with van der Waals surface area (Å²) >= 11 is 0. The largest absolute Gasteiger partial charge is 0.365 e. The highest BCUT2D eigenvalue weighted by Crippen LogP contribution is 2.30. The Morgan fingerprint density at radius 3 is 2.48 bits per heavy atom. The van der Waals surface area contributed by atoms with Crippen molar-refractivity contribution in [2.75, 3.05) is 0 Å². The molecule has 3 rings (SSSR count). The van der Waals surface area contributed by atoms with Crippen molar-refractivity contribution >= 4 is 5.91 Å². The fraction of sp³-hybridized carbons (Fsp3) is 0.250. The van der Waals surface area contributed by atoms with Crippen molar-refractivity contribution in [3.05, 3.63) is 58.3 Å². The van der Waals surface area contributed by atoms with E-state index in [4.69, 9.17) is 5.73 Å². The Morgan fingerprint density at radius 2 is 1.90 bits per heavy atom. The standard InChI is InChI=1S/C16H15FN2O2/c17-12-5-3-11(4-6-12)13-8-19(7-10-1-2-10)9-14(15(13)20)16(18)21/h3-6,8-10H,1-2,7H2,(H2,18,21). The van der Waals surface area contributed by atoms with E-state index in [1.54, 1.807) is 6.20 Å². The number of hydrogen-bond donors (Lipinski definition) is 1. The fourth-order valence-electron chi connectivity index (χ4n) is 2.35. The number of hydrogen-bond acceptors (Lipinski definition) is 2. The van der Waals surface area contributed by atoms with Gasteiger partial charge in [-0.05, 0) is 36.5 Å². The first-order valence-corrected chi connectivity index (χ1v) is 6.84. The summed E-state index contributed by atoms with van der Waals surface area (Å²) in [4.78, 5) is 23.8. The van der Waals surface area contributed by atoms with Gasteiger partial charge in [0.1, 0.15) is 11.4 Å². The van der Waals surface area contributed by atoms with Gasteiger partial charge in [-0.25, -0.2) is 4.39 Å². The van der Waals surface area contributed by atoms with Crippen molar-refractivity contribution in [2.45, 2.75) is 19.4 Å². The van der Waals surface area contributed by atoms with Crippen LogP contribution in [0.25, 0.3) is 11.1 Å². The summed E-state index contributed by atoms with van der Waals surface area (Å²) in [5, 5.41) is 0. The Hall–Kier alpha value is -2.43. The molecule has 5 heteroatoms. The van der Waals surface area contributed by atoms with Gasteiger partial charge in [0.15, 0.2) is 0 Å². The molecule has 108 valence electrons. The van der Waals surface area contributed by atoms with Crippen molar-refractivity contribution in [3.8, 4) is 11.1 Å². The molecule has 1 amide bonds. The Morgan fingerprint density at radius 1 is 1.24 bits per heavy atom. The number of carbonyl (C=O) groups excluding carboxylic acids is 1. The monoisotopic (exact) mass is 286 g/mol. The van der Waals surface area contributed by atoms with Crippen LogP contribution in [0, 0.1) is 11.7 Å². The second-order valence-electron chi connectivity index (χ2n) is 5.43. The van der Waals surface area contributed by atoms with E-state index in [2.05, 4.69) is 0 Å². The molecular formula is C16H15FN2O2. The maximum Gasteiger partial charge on any atom is 0.254 e. The van der Waals surface area contributed by atoms with Gasteiger partial charge in [0.25, 0.3) is 5.91 Å². The first kappa shape index (κ1) is 13.5. The summed E-state index contributed by atoms with van der Waals surface area (Å²) in [6, 6.07) is 5.63. The quantitative estimate of drug-likeness (QED) is 0.936. The second-order valence-corrected chi connectivity index (χ2v) is 5.43. The predicted molar refractivity (Wildman–Crippen MR) is 77.3 cm³/mol. The number of benzene rings is 1. The van der Waals surface area contributed by atoms with Crippen molar-refractivity contribution in [1.82, 2.24) is 4.57 Å². The molecule has 2 aromatic rings. The zero-order valence-electron chi connectivity index (χ0n) is 11.4. The van der Waals surface area contributed by atoms with Crippen LogP contribution < -0.4 is 11.2 Å². The van der Waals surface area contributed by atoms with Crippen LogP contribution in [0.2, 0.25) is 0 Å². The number of rotatable bonds is 4. The third kappa shape index (κ3) is 2.86. The van der Waals surface area contributed by atoms with Crippen LogP contribution >= 0.6 is 0 Å². The highest BCUT2D eigenvalue weighted by atomic mass is 19.1. The molecule has 1 saturated carbocycles. The summed E-state index contributed by atoms with van der Waals surface area (Å²) < 4.78 is 14.8. The van der Waals surface area contributed by atoms with Crippen molar-refractivity contribution in [2.24, 2.45) is 11.7 Å². The van der Waals surface area contributed by atoms with Crippen LogP contribution in [0.15, 0.2) is 41.5 Å². The SMILES string of the molecule is NC(=O)c1cn(CC2CC2)cc(-c2ccc(F)cc2)c1=O.